The number of unbranched alkanes of at least 4 members (excludes halogenated alkanes) is 4. The second-order valence-electron chi connectivity index (χ2n) is 10.9. The number of esters is 1. The van der Waals surface area contributed by atoms with Gasteiger partial charge in [0.2, 0.25) is 0 Å². The largest absolute Gasteiger partial charge is 0.426 e. The van der Waals surface area contributed by atoms with Gasteiger partial charge >= 0.3 is 5.97 Å². The highest BCUT2D eigenvalue weighted by Crippen LogP contribution is 2.30. The fraction of sp³-hybridized carbons (Fsp3) is 0.594. The molecule has 3 rings (SSSR count). The van der Waals surface area contributed by atoms with Crippen LogP contribution in [0.5, 0.6) is 5.75 Å². The van der Waals surface area contributed by atoms with Gasteiger partial charge in [0, 0.05) is 32.2 Å². The number of carbonyl (C=O) groups is 1. The van der Waals surface area contributed by atoms with Gasteiger partial charge in [-0.15, -0.1) is 0 Å². The van der Waals surface area contributed by atoms with Crippen molar-refractivity contribution in [1.29, 1.82) is 0 Å². The van der Waals surface area contributed by atoms with E-state index in [0.29, 0.717) is 34.9 Å². The Morgan fingerprint density at radius 2 is 1.73 bits per heavy atom. The van der Waals surface area contributed by atoms with E-state index >= 15 is 0 Å². The number of nitrogens with one attached hydrogen (secondary N) is 1. The summed E-state index contributed by atoms with van der Waals surface area (Å²) >= 11 is 0. The van der Waals surface area contributed by atoms with Gasteiger partial charge in [-0.1, -0.05) is 50.3 Å². The molecule has 2 aromatic carbocycles. The van der Waals surface area contributed by atoms with Crippen LogP contribution in [-0.4, -0.2) is 56.2 Å². The average molecular weight is 590 g/mol. The van der Waals surface area contributed by atoms with Gasteiger partial charge in [-0.2, -0.15) is 0 Å². The fourth-order valence-corrected chi connectivity index (χ4v) is 7.20. The lowest BCUT2D eigenvalue weighted by atomic mass is 10.1. The van der Waals surface area contributed by atoms with E-state index in [-0.39, 0.29) is 11.9 Å². The number of hydrogen-bond donors (Lipinski definition) is 3. The van der Waals surface area contributed by atoms with Gasteiger partial charge in [-0.05, 0) is 80.5 Å². The molecule has 228 valence electrons. The summed E-state index contributed by atoms with van der Waals surface area (Å²) in [5.74, 6) is -0.143. The van der Waals surface area contributed by atoms with Crippen LogP contribution in [0.4, 0.5) is 0 Å². The lowest BCUT2D eigenvalue weighted by Crippen LogP contribution is -2.22. The zero-order valence-electron chi connectivity index (χ0n) is 24.4. The van der Waals surface area contributed by atoms with Gasteiger partial charge < -0.3 is 25.0 Å². The maximum atomic E-state index is 12.8. The van der Waals surface area contributed by atoms with Crippen LogP contribution in [0.1, 0.15) is 93.9 Å². The third-order valence-corrected chi connectivity index (χ3v) is 9.86. The van der Waals surface area contributed by atoms with Gasteiger partial charge in [0.1, 0.15) is 5.75 Å². The second kappa shape index (κ2) is 17.6. The Morgan fingerprint density at radius 3 is 2.49 bits per heavy atom. The number of rotatable bonds is 19. The number of aliphatic hydroxyl groups is 2. The SMILES string of the molecule is CC(=O)Oc1ccc(C(O)CNCCCCCCCOCCCc2cccc(S(=O)(=O)C3CCCC3)c2)cc1CO. The van der Waals surface area contributed by atoms with Gasteiger partial charge in [-0.3, -0.25) is 4.79 Å². The first-order valence-corrected chi connectivity index (χ1v) is 16.6. The molecule has 1 atom stereocenters. The van der Waals surface area contributed by atoms with Crippen molar-refractivity contribution in [3.05, 3.63) is 59.2 Å². The first kappa shape index (κ1) is 33.2. The van der Waals surface area contributed by atoms with E-state index < -0.39 is 21.9 Å². The predicted molar refractivity (Wildman–Crippen MR) is 160 cm³/mol. The molecule has 1 aliphatic rings. The van der Waals surface area contributed by atoms with Crippen molar-refractivity contribution in [3.63, 3.8) is 0 Å². The summed E-state index contributed by atoms with van der Waals surface area (Å²) in [6.07, 6.45) is 9.97. The fourth-order valence-electron chi connectivity index (χ4n) is 5.28. The zero-order chi connectivity index (χ0) is 29.5. The Morgan fingerprint density at radius 1 is 1.00 bits per heavy atom. The van der Waals surface area contributed by atoms with Crippen molar-refractivity contribution < 1.29 is 32.9 Å². The van der Waals surface area contributed by atoms with Crippen LogP contribution < -0.4 is 10.1 Å². The van der Waals surface area contributed by atoms with E-state index in [1.807, 2.05) is 18.2 Å². The molecule has 2 aromatic rings. The molecule has 8 nitrogen and oxygen atoms in total. The first-order chi connectivity index (χ1) is 19.8. The molecule has 0 bridgehead atoms. The van der Waals surface area contributed by atoms with Gasteiger partial charge in [-0.25, -0.2) is 8.42 Å². The van der Waals surface area contributed by atoms with Crippen LogP contribution in [0.2, 0.25) is 0 Å². The van der Waals surface area contributed by atoms with E-state index in [1.54, 1.807) is 24.3 Å². The normalized spacial score (nSPS) is 14.8. The van der Waals surface area contributed by atoms with Crippen molar-refractivity contribution in [2.45, 2.75) is 100 Å². The Kier molecular flexibility index (Phi) is 14.3. The minimum atomic E-state index is -3.21. The lowest BCUT2D eigenvalue weighted by molar-refractivity contribution is -0.131. The lowest BCUT2D eigenvalue weighted by Gasteiger charge is -2.15. The molecule has 0 heterocycles. The molecule has 0 radical (unpaired) electrons. The Hall–Kier alpha value is -2.30. The smallest absolute Gasteiger partial charge is 0.308 e. The summed E-state index contributed by atoms with van der Waals surface area (Å²) < 4.78 is 36.5. The number of benzene rings is 2. The highest BCUT2D eigenvalue weighted by atomic mass is 32.2. The molecule has 41 heavy (non-hydrogen) atoms. The molecule has 0 saturated heterocycles. The van der Waals surface area contributed by atoms with Crippen LogP contribution in [-0.2, 0) is 32.4 Å². The molecule has 1 saturated carbocycles. The number of sulfone groups is 1. The van der Waals surface area contributed by atoms with Crippen molar-refractivity contribution in [2.75, 3.05) is 26.3 Å². The standard InChI is InChI=1S/C32H47NO7S/c1-25(35)40-32-17-16-27(22-28(32)24-34)31(36)23-33-18-7-3-2-4-8-19-39-20-10-12-26-11-9-15-30(21-26)41(37,38)29-13-5-6-14-29/h9,11,15-17,21-22,29,31,33-34,36H,2-8,10,12-14,18-20,23-24H2,1H3. The molecule has 1 aliphatic carbocycles. The van der Waals surface area contributed by atoms with Crippen molar-refractivity contribution >= 4 is 15.8 Å². The van der Waals surface area contributed by atoms with E-state index in [2.05, 4.69) is 5.32 Å². The average Bonchev–Trinajstić information content (AvgIpc) is 3.52. The summed E-state index contributed by atoms with van der Waals surface area (Å²) in [5.41, 5.74) is 2.19. The number of aryl methyl sites for hydroxylation is 1. The highest BCUT2D eigenvalue weighted by Gasteiger charge is 2.30. The maximum Gasteiger partial charge on any atom is 0.308 e. The first-order valence-electron chi connectivity index (χ1n) is 15.0. The van der Waals surface area contributed by atoms with Crippen LogP contribution >= 0.6 is 0 Å². The van der Waals surface area contributed by atoms with Crippen LogP contribution in [0.3, 0.4) is 0 Å². The van der Waals surface area contributed by atoms with Crippen molar-refractivity contribution in [2.24, 2.45) is 0 Å². The molecule has 9 heteroatoms. The number of hydrogen-bond acceptors (Lipinski definition) is 8. The third-order valence-electron chi connectivity index (χ3n) is 7.60. The Labute approximate surface area is 245 Å². The van der Waals surface area contributed by atoms with Crippen molar-refractivity contribution in [3.8, 4) is 5.75 Å². The van der Waals surface area contributed by atoms with Crippen molar-refractivity contribution in [1.82, 2.24) is 5.32 Å². The van der Waals surface area contributed by atoms with Crippen LogP contribution in [0, 0.1) is 0 Å². The summed E-state index contributed by atoms with van der Waals surface area (Å²) in [7, 11) is -3.21. The quantitative estimate of drug-likeness (QED) is 0.118. The number of aliphatic hydroxyl groups excluding tert-OH is 2. The third kappa shape index (κ3) is 11.1. The van der Waals surface area contributed by atoms with Crippen LogP contribution in [0.15, 0.2) is 47.4 Å². The number of ether oxygens (including phenoxy) is 2. The molecule has 1 unspecified atom stereocenters. The zero-order valence-corrected chi connectivity index (χ0v) is 25.2. The Bertz CT molecular complexity index is 1180. The maximum absolute atomic E-state index is 12.8. The molecule has 0 amide bonds. The van der Waals surface area contributed by atoms with E-state index in [1.165, 1.54) is 6.92 Å². The minimum Gasteiger partial charge on any atom is -0.426 e. The summed E-state index contributed by atoms with van der Waals surface area (Å²) in [4.78, 5) is 11.6. The van der Waals surface area contributed by atoms with Gasteiger partial charge in [0.05, 0.1) is 22.9 Å². The topological polar surface area (TPSA) is 122 Å². The van der Waals surface area contributed by atoms with Gasteiger partial charge in [0.25, 0.3) is 0 Å². The molecule has 0 aliphatic heterocycles. The highest BCUT2D eigenvalue weighted by molar-refractivity contribution is 7.92. The van der Waals surface area contributed by atoms with Crippen LogP contribution in [0.25, 0.3) is 0 Å². The molecule has 0 spiro atoms. The molecule has 1 fully saturated rings. The predicted octanol–water partition coefficient (Wildman–Crippen LogP) is 5.04. The number of carbonyl (C=O) groups excluding carboxylic acids is 1. The molecular formula is C32H47NO7S. The van der Waals surface area contributed by atoms with E-state index in [4.69, 9.17) is 9.47 Å². The monoisotopic (exact) mass is 589 g/mol. The van der Waals surface area contributed by atoms with E-state index in [9.17, 15) is 23.4 Å². The summed E-state index contributed by atoms with van der Waals surface area (Å²) in [5, 5.41) is 23.0. The molecular weight excluding hydrogens is 542 g/mol. The molecule has 0 aromatic heterocycles. The molecule has 3 N–H and O–H groups in total. The van der Waals surface area contributed by atoms with Gasteiger partial charge in [0.15, 0.2) is 9.84 Å². The Balaban J connectivity index is 1.18. The summed E-state index contributed by atoms with van der Waals surface area (Å²) in [6, 6.07) is 12.4. The second-order valence-corrected chi connectivity index (χ2v) is 13.1. The van der Waals surface area contributed by atoms with E-state index in [0.717, 1.165) is 89.3 Å². The minimum absolute atomic E-state index is 0.211. The summed E-state index contributed by atoms with van der Waals surface area (Å²) in [6.45, 7) is 3.68.